The number of carbonyl (C=O) groups is 1. The normalized spacial score (nSPS) is 16.7. The van der Waals surface area contributed by atoms with Crippen LogP contribution in [0.15, 0.2) is 60.8 Å². The highest BCUT2D eigenvalue weighted by molar-refractivity contribution is 8.00. The Labute approximate surface area is 163 Å². The Morgan fingerprint density at radius 1 is 1.15 bits per heavy atom. The lowest BCUT2D eigenvalue weighted by atomic mass is 10.2. The van der Waals surface area contributed by atoms with Crippen LogP contribution in [-0.2, 0) is 11.3 Å². The molecule has 1 aliphatic rings. The smallest absolute Gasteiger partial charge is 0.234 e. The average Bonchev–Trinajstić information content (AvgIpc) is 3.31. The van der Waals surface area contributed by atoms with Gasteiger partial charge in [0, 0.05) is 31.9 Å². The molecule has 1 N–H and O–H groups in total. The first kappa shape index (κ1) is 17.7. The predicted octanol–water partition coefficient (Wildman–Crippen LogP) is 3.92. The van der Waals surface area contributed by atoms with Gasteiger partial charge in [0.25, 0.3) is 0 Å². The molecule has 1 amide bonds. The van der Waals surface area contributed by atoms with Gasteiger partial charge >= 0.3 is 0 Å². The van der Waals surface area contributed by atoms with Crippen molar-refractivity contribution in [2.45, 2.75) is 11.9 Å². The molecule has 2 aromatic carbocycles. The van der Waals surface area contributed by atoms with Crippen LogP contribution < -0.4 is 4.90 Å². The van der Waals surface area contributed by atoms with Gasteiger partial charge in [0.1, 0.15) is 11.2 Å². The summed E-state index contributed by atoms with van der Waals surface area (Å²) in [7, 11) is 4.04. The first-order valence-corrected chi connectivity index (χ1v) is 9.94. The van der Waals surface area contributed by atoms with Crippen molar-refractivity contribution >= 4 is 23.4 Å². The lowest BCUT2D eigenvalue weighted by Gasteiger charge is -2.23. The standard InChI is InChI=1S/C21H22N4OS/c1-24(2)17-10-8-15(9-11-17)13-25-19(26)14-27-21(25)18-12-22-20(23-18)16-6-4-3-5-7-16/h3-12,21H,13-14H2,1-2H3,(H,22,23). The molecular weight excluding hydrogens is 356 g/mol. The molecule has 138 valence electrons. The molecule has 0 saturated carbocycles. The van der Waals surface area contributed by atoms with Gasteiger partial charge in [0.15, 0.2) is 0 Å². The number of nitrogens with one attached hydrogen (secondary N) is 1. The highest BCUT2D eigenvalue weighted by Gasteiger charge is 2.34. The Kier molecular flexibility index (Phi) is 4.90. The molecule has 27 heavy (non-hydrogen) atoms. The highest BCUT2D eigenvalue weighted by Crippen LogP contribution is 2.39. The van der Waals surface area contributed by atoms with Crippen molar-refractivity contribution in [2.75, 3.05) is 24.7 Å². The summed E-state index contributed by atoms with van der Waals surface area (Å²) in [5, 5.41) is -0.0315. The van der Waals surface area contributed by atoms with Crippen LogP contribution in [0.25, 0.3) is 11.4 Å². The van der Waals surface area contributed by atoms with Gasteiger partial charge in [0.2, 0.25) is 5.91 Å². The number of imidazole rings is 1. The fraction of sp³-hybridized carbons (Fsp3) is 0.238. The molecule has 0 aliphatic carbocycles. The topological polar surface area (TPSA) is 52.2 Å². The zero-order chi connectivity index (χ0) is 18.8. The maximum absolute atomic E-state index is 12.5. The second-order valence-electron chi connectivity index (χ2n) is 6.80. The van der Waals surface area contributed by atoms with Crippen molar-refractivity contribution in [3.05, 3.63) is 72.1 Å². The van der Waals surface area contributed by atoms with Gasteiger partial charge in [-0.3, -0.25) is 4.79 Å². The number of carbonyl (C=O) groups excluding carboxylic acids is 1. The second-order valence-corrected chi connectivity index (χ2v) is 7.87. The molecule has 5 nitrogen and oxygen atoms in total. The van der Waals surface area contributed by atoms with Gasteiger partial charge in [-0.1, -0.05) is 42.5 Å². The molecule has 3 aromatic rings. The molecule has 0 bridgehead atoms. The summed E-state index contributed by atoms with van der Waals surface area (Å²) in [5.41, 5.74) is 4.29. The van der Waals surface area contributed by atoms with Gasteiger partial charge in [-0.15, -0.1) is 11.8 Å². The molecule has 1 atom stereocenters. The number of H-pyrrole nitrogens is 1. The predicted molar refractivity (Wildman–Crippen MR) is 111 cm³/mol. The molecule has 1 aliphatic heterocycles. The van der Waals surface area contributed by atoms with E-state index in [-0.39, 0.29) is 11.3 Å². The molecule has 1 saturated heterocycles. The first-order valence-electron chi connectivity index (χ1n) is 8.89. The highest BCUT2D eigenvalue weighted by atomic mass is 32.2. The van der Waals surface area contributed by atoms with Gasteiger partial charge < -0.3 is 14.8 Å². The van der Waals surface area contributed by atoms with E-state index in [0.29, 0.717) is 12.3 Å². The molecular formula is C21H22N4OS. The molecule has 0 spiro atoms. The minimum Gasteiger partial charge on any atom is -0.378 e. The van der Waals surface area contributed by atoms with Crippen LogP contribution in [-0.4, -0.2) is 40.6 Å². The number of hydrogen-bond donors (Lipinski definition) is 1. The van der Waals surface area contributed by atoms with Crippen molar-refractivity contribution < 1.29 is 4.79 Å². The van der Waals surface area contributed by atoms with Crippen LogP contribution in [0.4, 0.5) is 5.69 Å². The maximum atomic E-state index is 12.5. The molecule has 1 aromatic heterocycles. The third-order valence-corrected chi connectivity index (χ3v) is 5.92. The Bertz CT molecular complexity index is 921. The van der Waals surface area contributed by atoms with E-state index in [2.05, 4.69) is 39.1 Å². The third-order valence-electron chi connectivity index (χ3n) is 4.68. The third kappa shape index (κ3) is 3.71. The van der Waals surface area contributed by atoms with Crippen LogP contribution in [0.1, 0.15) is 16.6 Å². The van der Waals surface area contributed by atoms with Gasteiger partial charge in [0.05, 0.1) is 17.6 Å². The number of hydrogen-bond acceptors (Lipinski definition) is 4. The Balaban J connectivity index is 1.54. The summed E-state index contributed by atoms with van der Waals surface area (Å²) in [6.45, 7) is 0.601. The van der Waals surface area contributed by atoms with E-state index < -0.39 is 0 Å². The molecule has 1 unspecified atom stereocenters. The number of benzene rings is 2. The van der Waals surface area contributed by atoms with Gasteiger partial charge in [-0.25, -0.2) is 4.98 Å². The Hall–Kier alpha value is -2.73. The average molecular weight is 379 g/mol. The Morgan fingerprint density at radius 2 is 1.89 bits per heavy atom. The maximum Gasteiger partial charge on any atom is 0.234 e. The van der Waals surface area contributed by atoms with E-state index in [1.807, 2.05) is 55.5 Å². The van der Waals surface area contributed by atoms with Crippen molar-refractivity contribution in [2.24, 2.45) is 0 Å². The monoisotopic (exact) mass is 378 g/mol. The van der Waals surface area contributed by atoms with E-state index in [0.717, 1.165) is 28.3 Å². The zero-order valence-electron chi connectivity index (χ0n) is 15.4. The van der Waals surface area contributed by atoms with Crippen molar-refractivity contribution in [1.29, 1.82) is 0 Å². The Morgan fingerprint density at radius 3 is 2.59 bits per heavy atom. The van der Waals surface area contributed by atoms with E-state index >= 15 is 0 Å². The van der Waals surface area contributed by atoms with E-state index in [1.165, 1.54) is 0 Å². The number of rotatable bonds is 5. The SMILES string of the molecule is CN(C)c1ccc(CN2C(=O)CSC2c2cnc(-c3ccccc3)[nH]2)cc1. The quantitative estimate of drug-likeness (QED) is 0.731. The molecule has 0 radical (unpaired) electrons. The summed E-state index contributed by atoms with van der Waals surface area (Å²) in [6.07, 6.45) is 1.85. The fourth-order valence-corrected chi connectivity index (χ4v) is 4.32. The minimum absolute atomic E-state index is 0.0315. The molecule has 1 fully saturated rings. The van der Waals surface area contributed by atoms with Gasteiger partial charge in [-0.2, -0.15) is 0 Å². The second kappa shape index (κ2) is 7.48. The fourth-order valence-electron chi connectivity index (χ4n) is 3.18. The summed E-state index contributed by atoms with van der Waals surface area (Å²) in [5.74, 6) is 1.50. The van der Waals surface area contributed by atoms with E-state index in [9.17, 15) is 4.79 Å². The number of aromatic nitrogens is 2. The number of amides is 1. The van der Waals surface area contributed by atoms with Crippen LogP contribution in [0.3, 0.4) is 0 Å². The number of aromatic amines is 1. The lowest BCUT2D eigenvalue weighted by molar-refractivity contribution is -0.128. The number of thioether (sulfide) groups is 1. The summed E-state index contributed by atoms with van der Waals surface area (Å²) in [4.78, 5) is 24.4. The van der Waals surface area contributed by atoms with Crippen LogP contribution >= 0.6 is 11.8 Å². The van der Waals surface area contributed by atoms with Crippen LogP contribution in [0, 0.1) is 0 Å². The zero-order valence-corrected chi connectivity index (χ0v) is 16.2. The molecule has 2 heterocycles. The minimum atomic E-state index is -0.0315. The summed E-state index contributed by atoms with van der Waals surface area (Å²) < 4.78 is 0. The van der Waals surface area contributed by atoms with E-state index in [4.69, 9.17) is 0 Å². The first-order chi connectivity index (χ1) is 13.1. The summed E-state index contributed by atoms with van der Waals surface area (Å²) >= 11 is 1.64. The number of nitrogens with zero attached hydrogens (tertiary/aromatic N) is 3. The lowest BCUT2D eigenvalue weighted by Crippen LogP contribution is -2.27. The van der Waals surface area contributed by atoms with Crippen molar-refractivity contribution in [3.63, 3.8) is 0 Å². The molecule has 6 heteroatoms. The molecule has 4 rings (SSSR count). The van der Waals surface area contributed by atoms with E-state index in [1.54, 1.807) is 11.8 Å². The van der Waals surface area contributed by atoms with Crippen molar-refractivity contribution in [1.82, 2.24) is 14.9 Å². The van der Waals surface area contributed by atoms with Crippen LogP contribution in [0.5, 0.6) is 0 Å². The van der Waals surface area contributed by atoms with Crippen molar-refractivity contribution in [3.8, 4) is 11.4 Å². The summed E-state index contributed by atoms with van der Waals surface area (Å²) in [6, 6.07) is 18.4. The number of anilines is 1. The van der Waals surface area contributed by atoms with Gasteiger partial charge in [-0.05, 0) is 17.7 Å². The largest absolute Gasteiger partial charge is 0.378 e. The van der Waals surface area contributed by atoms with Crippen LogP contribution in [0.2, 0.25) is 0 Å².